The molecule has 82 valence electrons. The third-order valence-corrected chi connectivity index (χ3v) is 1.81. The van der Waals surface area contributed by atoms with Crippen LogP contribution in [0.2, 0.25) is 0 Å². The minimum atomic E-state index is -1.05. The molecule has 0 radical (unpaired) electrons. The predicted molar refractivity (Wildman–Crippen MR) is 55.2 cm³/mol. The molecule has 0 aromatic heterocycles. The Hall–Kier alpha value is -1.75. The van der Waals surface area contributed by atoms with Crippen LogP contribution in [-0.2, 0) is 4.74 Å². The molecule has 0 spiro atoms. The van der Waals surface area contributed by atoms with E-state index in [0.29, 0.717) is 19.0 Å². The Morgan fingerprint density at radius 3 is 2.73 bits per heavy atom. The van der Waals surface area contributed by atoms with Crippen molar-refractivity contribution < 1.29 is 19.4 Å². The van der Waals surface area contributed by atoms with Crippen LogP contribution in [0.3, 0.4) is 0 Å². The number of anilines is 1. The molecule has 0 aliphatic rings. The maximum absolute atomic E-state index is 10.7. The van der Waals surface area contributed by atoms with Crippen LogP contribution in [0.5, 0.6) is 5.75 Å². The lowest BCUT2D eigenvalue weighted by atomic mass is 10.2. The molecule has 0 unspecified atom stereocenters. The third-order valence-electron chi connectivity index (χ3n) is 1.81. The van der Waals surface area contributed by atoms with Crippen LogP contribution in [0.25, 0.3) is 0 Å². The number of carboxylic acids is 1. The molecule has 0 bridgehead atoms. The van der Waals surface area contributed by atoms with Gasteiger partial charge in [0, 0.05) is 18.9 Å². The first-order chi connectivity index (χ1) is 7.15. The van der Waals surface area contributed by atoms with Crippen molar-refractivity contribution in [1.29, 1.82) is 0 Å². The Morgan fingerprint density at radius 1 is 1.47 bits per heavy atom. The molecule has 1 aromatic carbocycles. The molecular formula is C10H13NO4. The Labute approximate surface area is 87.4 Å². The number of nitrogens with two attached hydrogens (primary N) is 1. The number of nitrogen functional groups attached to an aromatic ring is 1. The van der Waals surface area contributed by atoms with Gasteiger partial charge in [-0.05, 0) is 12.1 Å². The van der Waals surface area contributed by atoms with Crippen molar-refractivity contribution in [1.82, 2.24) is 0 Å². The van der Waals surface area contributed by atoms with E-state index >= 15 is 0 Å². The fourth-order valence-corrected chi connectivity index (χ4v) is 1.07. The van der Waals surface area contributed by atoms with Crippen LogP contribution in [-0.4, -0.2) is 31.4 Å². The molecule has 0 saturated carbocycles. The Bertz CT molecular complexity index is 351. The van der Waals surface area contributed by atoms with Gasteiger partial charge in [-0.15, -0.1) is 0 Å². The smallest absolute Gasteiger partial charge is 0.337 e. The lowest BCUT2D eigenvalue weighted by Crippen LogP contribution is -2.06. The first kappa shape index (κ1) is 11.3. The summed E-state index contributed by atoms with van der Waals surface area (Å²) in [7, 11) is 1.57. The van der Waals surface area contributed by atoms with Gasteiger partial charge in [0.05, 0.1) is 12.2 Å². The highest BCUT2D eigenvalue weighted by atomic mass is 16.5. The van der Waals surface area contributed by atoms with E-state index in [1.807, 2.05) is 0 Å². The third kappa shape index (κ3) is 3.14. The van der Waals surface area contributed by atoms with Gasteiger partial charge in [0.2, 0.25) is 0 Å². The summed E-state index contributed by atoms with van der Waals surface area (Å²) < 4.78 is 10.1. The van der Waals surface area contributed by atoms with Gasteiger partial charge in [-0.25, -0.2) is 4.79 Å². The van der Waals surface area contributed by atoms with Crippen LogP contribution in [0.15, 0.2) is 18.2 Å². The first-order valence-electron chi connectivity index (χ1n) is 4.39. The molecule has 0 aliphatic carbocycles. The normalized spacial score (nSPS) is 9.93. The van der Waals surface area contributed by atoms with E-state index < -0.39 is 5.97 Å². The largest absolute Gasteiger partial charge is 0.491 e. The van der Waals surface area contributed by atoms with Crippen molar-refractivity contribution in [3.8, 4) is 5.75 Å². The van der Waals surface area contributed by atoms with E-state index in [9.17, 15) is 4.79 Å². The molecule has 0 saturated heterocycles. The predicted octanol–water partition coefficient (Wildman–Crippen LogP) is 0.992. The maximum Gasteiger partial charge on any atom is 0.337 e. The van der Waals surface area contributed by atoms with Gasteiger partial charge in [0.1, 0.15) is 12.4 Å². The highest BCUT2D eigenvalue weighted by Crippen LogP contribution is 2.19. The molecule has 1 rings (SSSR count). The molecule has 0 fully saturated rings. The summed E-state index contributed by atoms with van der Waals surface area (Å²) in [5, 5.41) is 8.73. The van der Waals surface area contributed by atoms with Gasteiger partial charge in [-0.2, -0.15) is 0 Å². The maximum atomic E-state index is 10.7. The number of carboxylic acid groups (broad SMARTS) is 1. The van der Waals surface area contributed by atoms with Crippen LogP contribution in [0.4, 0.5) is 5.69 Å². The first-order valence-corrected chi connectivity index (χ1v) is 4.39. The summed E-state index contributed by atoms with van der Waals surface area (Å²) in [6.45, 7) is 0.878. The van der Waals surface area contributed by atoms with E-state index in [-0.39, 0.29) is 11.3 Å². The van der Waals surface area contributed by atoms with Gasteiger partial charge in [0.25, 0.3) is 0 Å². The summed E-state index contributed by atoms with van der Waals surface area (Å²) in [6, 6.07) is 4.47. The summed E-state index contributed by atoms with van der Waals surface area (Å²) in [6.07, 6.45) is 0. The highest BCUT2D eigenvalue weighted by molar-refractivity contribution is 5.93. The Morgan fingerprint density at radius 2 is 2.20 bits per heavy atom. The SMILES string of the molecule is COCCOc1ccc(C(=O)O)c(N)c1. The molecule has 0 aliphatic heterocycles. The summed E-state index contributed by atoms with van der Waals surface area (Å²) in [5.74, 6) is -0.509. The van der Waals surface area contributed by atoms with E-state index in [1.165, 1.54) is 12.1 Å². The van der Waals surface area contributed by atoms with Crippen LogP contribution >= 0.6 is 0 Å². The quantitative estimate of drug-likeness (QED) is 0.560. The molecule has 15 heavy (non-hydrogen) atoms. The molecule has 0 atom stereocenters. The second-order valence-corrected chi connectivity index (χ2v) is 2.90. The van der Waals surface area contributed by atoms with E-state index in [2.05, 4.69) is 0 Å². The van der Waals surface area contributed by atoms with Crippen molar-refractivity contribution in [2.24, 2.45) is 0 Å². The lowest BCUT2D eigenvalue weighted by Gasteiger charge is -2.07. The number of hydrogen-bond acceptors (Lipinski definition) is 4. The topological polar surface area (TPSA) is 81.8 Å². The van der Waals surface area contributed by atoms with Crippen LogP contribution < -0.4 is 10.5 Å². The number of benzene rings is 1. The van der Waals surface area contributed by atoms with Gasteiger partial charge >= 0.3 is 5.97 Å². The van der Waals surface area contributed by atoms with E-state index in [1.54, 1.807) is 13.2 Å². The van der Waals surface area contributed by atoms with E-state index in [4.69, 9.17) is 20.3 Å². The number of aromatic carboxylic acids is 1. The molecule has 1 aromatic rings. The Balaban J connectivity index is 2.69. The van der Waals surface area contributed by atoms with Crippen LogP contribution in [0.1, 0.15) is 10.4 Å². The molecule has 5 nitrogen and oxygen atoms in total. The van der Waals surface area contributed by atoms with Crippen molar-refractivity contribution in [3.05, 3.63) is 23.8 Å². The molecule has 0 amide bonds. The standard InChI is InChI=1S/C10H13NO4/c1-14-4-5-15-7-2-3-8(10(12)13)9(11)6-7/h2-3,6H,4-5,11H2,1H3,(H,12,13). The minimum absolute atomic E-state index is 0.0779. The van der Waals surface area contributed by atoms with Crippen LogP contribution in [0, 0.1) is 0 Å². The second kappa shape index (κ2) is 5.21. The van der Waals surface area contributed by atoms with Crippen molar-refractivity contribution >= 4 is 11.7 Å². The molecule has 5 heteroatoms. The van der Waals surface area contributed by atoms with Gasteiger partial charge < -0.3 is 20.3 Å². The zero-order valence-corrected chi connectivity index (χ0v) is 8.40. The van der Waals surface area contributed by atoms with E-state index in [0.717, 1.165) is 0 Å². The highest BCUT2D eigenvalue weighted by Gasteiger charge is 2.08. The number of ether oxygens (including phenoxy) is 2. The molecule has 3 N–H and O–H groups in total. The summed E-state index contributed by atoms with van der Waals surface area (Å²) in [4.78, 5) is 10.7. The van der Waals surface area contributed by atoms with Gasteiger partial charge in [-0.1, -0.05) is 0 Å². The minimum Gasteiger partial charge on any atom is -0.491 e. The average Bonchev–Trinajstić information content (AvgIpc) is 2.17. The fourth-order valence-electron chi connectivity index (χ4n) is 1.07. The number of hydrogen-bond donors (Lipinski definition) is 2. The zero-order chi connectivity index (χ0) is 11.3. The second-order valence-electron chi connectivity index (χ2n) is 2.90. The van der Waals surface area contributed by atoms with Gasteiger partial charge in [0.15, 0.2) is 0 Å². The number of carbonyl (C=O) groups is 1. The summed E-state index contributed by atoms with van der Waals surface area (Å²) in [5.41, 5.74) is 5.80. The van der Waals surface area contributed by atoms with Crippen molar-refractivity contribution in [2.45, 2.75) is 0 Å². The molecular weight excluding hydrogens is 198 g/mol. The monoisotopic (exact) mass is 211 g/mol. The molecule has 0 heterocycles. The summed E-state index contributed by atoms with van der Waals surface area (Å²) >= 11 is 0. The zero-order valence-electron chi connectivity index (χ0n) is 8.40. The van der Waals surface area contributed by atoms with Gasteiger partial charge in [-0.3, -0.25) is 0 Å². The number of methoxy groups -OCH3 is 1. The number of rotatable bonds is 5. The average molecular weight is 211 g/mol. The fraction of sp³-hybridized carbons (Fsp3) is 0.300. The van der Waals surface area contributed by atoms with Crippen molar-refractivity contribution in [2.75, 3.05) is 26.1 Å². The lowest BCUT2D eigenvalue weighted by molar-refractivity contribution is 0.0698. The Kier molecular flexibility index (Phi) is 3.93. The van der Waals surface area contributed by atoms with Crippen molar-refractivity contribution in [3.63, 3.8) is 0 Å².